The zero-order chi connectivity index (χ0) is 16.4. The van der Waals surface area contributed by atoms with E-state index in [2.05, 4.69) is 10.0 Å². The number of benzene rings is 1. The molecule has 2 N–H and O–H groups in total. The highest BCUT2D eigenvalue weighted by molar-refractivity contribution is 7.88. The number of aromatic nitrogens is 1. The van der Waals surface area contributed by atoms with Crippen LogP contribution in [0.1, 0.15) is 23.2 Å². The number of carbonyl (C=O) groups is 1. The van der Waals surface area contributed by atoms with Crippen molar-refractivity contribution in [2.24, 2.45) is 0 Å². The van der Waals surface area contributed by atoms with Gasteiger partial charge in [0.15, 0.2) is 0 Å². The molecule has 0 unspecified atom stereocenters. The molecule has 1 saturated carbocycles. The summed E-state index contributed by atoms with van der Waals surface area (Å²) in [6.45, 7) is 0. The molecule has 1 heterocycles. The van der Waals surface area contributed by atoms with Crippen LogP contribution in [0.2, 0.25) is 0 Å². The first kappa shape index (κ1) is 15.8. The highest BCUT2D eigenvalue weighted by Crippen LogP contribution is 2.22. The minimum absolute atomic E-state index is 0.000492. The fourth-order valence-corrected chi connectivity index (χ4v) is 3.58. The summed E-state index contributed by atoms with van der Waals surface area (Å²) < 4.78 is 26.8. The molecule has 0 radical (unpaired) electrons. The largest absolute Gasteiger partial charge is 0.349 e. The van der Waals surface area contributed by atoms with Crippen LogP contribution >= 0.6 is 0 Å². The molecule has 1 fully saturated rings. The van der Waals surface area contributed by atoms with Crippen LogP contribution in [0, 0.1) is 0 Å². The second kappa shape index (κ2) is 6.17. The molecule has 1 aliphatic rings. The zero-order valence-electron chi connectivity index (χ0n) is 12.8. The molecule has 1 amide bonds. The number of para-hydroxylation sites is 1. The fourth-order valence-electron chi connectivity index (χ4n) is 2.78. The van der Waals surface area contributed by atoms with Crippen LogP contribution in [0.5, 0.6) is 0 Å². The summed E-state index contributed by atoms with van der Waals surface area (Å²) in [6.07, 6.45) is 6.16. The normalized spacial score (nSPS) is 20.7. The van der Waals surface area contributed by atoms with Crippen molar-refractivity contribution in [2.45, 2.75) is 24.9 Å². The van der Waals surface area contributed by atoms with Gasteiger partial charge in [-0.25, -0.2) is 13.1 Å². The van der Waals surface area contributed by atoms with Gasteiger partial charge >= 0.3 is 0 Å². The molecule has 0 spiro atoms. The van der Waals surface area contributed by atoms with E-state index in [1.165, 1.54) is 0 Å². The van der Waals surface area contributed by atoms with Gasteiger partial charge in [0, 0.05) is 24.5 Å². The van der Waals surface area contributed by atoms with Gasteiger partial charge in [0.2, 0.25) is 10.0 Å². The number of amides is 1. The quantitative estimate of drug-likeness (QED) is 0.865. The molecule has 0 bridgehead atoms. The first-order valence-corrected chi connectivity index (χ1v) is 9.32. The molecule has 122 valence electrons. The lowest BCUT2D eigenvalue weighted by atomic mass is 9.87. The number of sulfonamides is 1. The third-order valence-corrected chi connectivity index (χ3v) is 4.65. The SMILES string of the molecule is CS(=O)(=O)NC1CC(NC(=O)c2ccccc2-n2cccc2)C1. The third-order valence-electron chi connectivity index (χ3n) is 3.89. The van der Waals surface area contributed by atoms with Gasteiger partial charge < -0.3 is 9.88 Å². The van der Waals surface area contributed by atoms with Crippen molar-refractivity contribution in [3.05, 3.63) is 54.4 Å². The van der Waals surface area contributed by atoms with Crippen LogP contribution < -0.4 is 10.0 Å². The summed E-state index contributed by atoms with van der Waals surface area (Å²) in [4.78, 5) is 12.5. The van der Waals surface area contributed by atoms with E-state index in [0.29, 0.717) is 18.4 Å². The van der Waals surface area contributed by atoms with E-state index in [1.54, 1.807) is 6.07 Å². The summed E-state index contributed by atoms with van der Waals surface area (Å²) in [5.74, 6) is -0.142. The Kier molecular flexibility index (Phi) is 4.23. The van der Waals surface area contributed by atoms with E-state index in [9.17, 15) is 13.2 Å². The van der Waals surface area contributed by atoms with Gasteiger partial charge in [-0.1, -0.05) is 12.1 Å². The molecule has 1 aromatic carbocycles. The van der Waals surface area contributed by atoms with Crippen molar-refractivity contribution in [3.8, 4) is 5.69 Å². The van der Waals surface area contributed by atoms with Crippen molar-refractivity contribution in [2.75, 3.05) is 6.26 Å². The van der Waals surface area contributed by atoms with E-state index in [-0.39, 0.29) is 18.0 Å². The van der Waals surface area contributed by atoms with E-state index >= 15 is 0 Å². The zero-order valence-corrected chi connectivity index (χ0v) is 13.6. The van der Waals surface area contributed by atoms with Crippen LogP contribution in [-0.2, 0) is 10.0 Å². The van der Waals surface area contributed by atoms with Crippen LogP contribution in [0.25, 0.3) is 5.69 Å². The van der Waals surface area contributed by atoms with E-state index < -0.39 is 10.0 Å². The molecule has 7 heteroatoms. The summed E-state index contributed by atoms with van der Waals surface area (Å²) >= 11 is 0. The molecular weight excluding hydrogens is 314 g/mol. The molecule has 23 heavy (non-hydrogen) atoms. The number of carbonyl (C=O) groups excluding carboxylic acids is 1. The number of hydrogen-bond donors (Lipinski definition) is 2. The van der Waals surface area contributed by atoms with Gasteiger partial charge in [0.05, 0.1) is 17.5 Å². The molecule has 0 saturated heterocycles. The lowest BCUT2D eigenvalue weighted by molar-refractivity contribution is 0.0907. The predicted molar refractivity (Wildman–Crippen MR) is 88.0 cm³/mol. The Balaban J connectivity index is 1.65. The van der Waals surface area contributed by atoms with Gasteiger partial charge in [-0.2, -0.15) is 0 Å². The lowest BCUT2D eigenvalue weighted by Crippen LogP contribution is -2.53. The fraction of sp³-hybridized carbons (Fsp3) is 0.312. The second-order valence-corrected chi connectivity index (χ2v) is 7.62. The van der Waals surface area contributed by atoms with Crippen LogP contribution in [-0.4, -0.2) is 37.2 Å². The van der Waals surface area contributed by atoms with Gasteiger partial charge in [-0.15, -0.1) is 0 Å². The Morgan fingerprint density at radius 1 is 1.09 bits per heavy atom. The Bertz CT molecular complexity index is 794. The summed E-state index contributed by atoms with van der Waals surface area (Å²) in [5, 5.41) is 2.96. The smallest absolute Gasteiger partial charge is 0.253 e. The number of nitrogens with one attached hydrogen (secondary N) is 2. The summed E-state index contributed by atoms with van der Waals surface area (Å²) in [5.41, 5.74) is 1.42. The number of hydrogen-bond acceptors (Lipinski definition) is 3. The maximum atomic E-state index is 12.5. The van der Waals surface area contributed by atoms with Crippen LogP contribution in [0.15, 0.2) is 48.8 Å². The van der Waals surface area contributed by atoms with Crippen molar-refractivity contribution >= 4 is 15.9 Å². The van der Waals surface area contributed by atoms with Gasteiger partial charge in [0.1, 0.15) is 0 Å². The highest BCUT2D eigenvalue weighted by Gasteiger charge is 2.32. The Morgan fingerprint density at radius 2 is 1.74 bits per heavy atom. The molecule has 1 aliphatic carbocycles. The Morgan fingerprint density at radius 3 is 2.39 bits per heavy atom. The van der Waals surface area contributed by atoms with Crippen molar-refractivity contribution < 1.29 is 13.2 Å². The lowest BCUT2D eigenvalue weighted by Gasteiger charge is -2.35. The topological polar surface area (TPSA) is 80.2 Å². The molecule has 0 aliphatic heterocycles. The van der Waals surface area contributed by atoms with Crippen molar-refractivity contribution in [3.63, 3.8) is 0 Å². The Labute approximate surface area is 135 Å². The molecular formula is C16H19N3O3S. The second-order valence-electron chi connectivity index (χ2n) is 5.84. The van der Waals surface area contributed by atoms with Gasteiger partial charge in [0.25, 0.3) is 5.91 Å². The molecule has 2 aromatic rings. The standard InChI is InChI=1S/C16H19N3O3S/c1-23(21,22)18-13-10-12(11-13)17-16(20)14-6-2-3-7-15(14)19-8-4-5-9-19/h2-9,12-13,18H,10-11H2,1H3,(H,17,20). The molecule has 0 atom stereocenters. The first-order chi connectivity index (χ1) is 10.9. The summed E-state index contributed by atoms with van der Waals surface area (Å²) in [7, 11) is -3.19. The molecule has 3 rings (SSSR count). The minimum Gasteiger partial charge on any atom is -0.349 e. The van der Waals surface area contributed by atoms with Crippen LogP contribution in [0.3, 0.4) is 0 Å². The minimum atomic E-state index is -3.19. The third kappa shape index (κ3) is 3.80. The van der Waals surface area contributed by atoms with E-state index in [0.717, 1.165) is 11.9 Å². The average Bonchev–Trinajstić information content (AvgIpc) is 2.97. The number of rotatable bonds is 5. The van der Waals surface area contributed by atoms with Gasteiger partial charge in [-0.3, -0.25) is 4.79 Å². The average molecular weight is 333 g/mol. The van der Waals surface area contributed by atoms with Crippen LogP contribution in [0.4, 0.5) is 0 Å². The van der Waals surface area contributed by atoms with Crippen molar-refractivity contribution in [1.29, 1.82) is 0 Å². The van der Waals surface area contributed by atoms with Crippen molar-refractivity contribution in [1.82, 2.24) is 14.6 Å². The maximum Gasteiger partial charge on any atom is 0.253 e. The summed E-state index contributed by atoms with van der Waals surface area (Å²) in [6, 6.07) is 11.1. The first-order valence-electron chi connectivity index (χ1n) is 7.43. The highest BCUT2D eigenvalue weighted by atomic mass is 32.2. The maximum absolute atomic E-state index is 12.5. The van der Waals surface area contributed by atoms with Gasteiger partial charge in [-0.05, 0) is 37.1 Å². The monoisotopic (exact) mass is 333 g/mol. The molecule has 6 nitrogen and oxygen atoms in total. The predicted octanol–water partition coefficient (Wildman–Crippen LogP) is 1.29. The number of nitrogens with zero attached hydrogens (tertiary/aromatic N) is 1. The van der Waals surface area contributed by atoms with E-state index in [1.807, 2.05) is 47.3 Å². The van der Waals surface area contributed by atoms with E-state index in [4.69, 9.17) is 0 Å². The Hall–Kier alpha value is -2.12. The molecule has 1 aromatic heterocycles.